The van der Waals surface area contributed by atoms with E-state index in [2.05, 4.69) is 29.4 Å². The normalized spacial score (nSPS) is 35.3. The number of likely N-dealkylation sites (tertiary alicyclic amines) is 1. The number of piperazine rings is 1. The van der Waals surface area contributed by atoms with Gasteiger partial charge in [-0.2, -0.15) is 0 Å². The molecule has 74 heavy (non-hydrogen) atoms. The fraction of sp³-hybridized carbons (Fsp3) is 0.655. The van der Waals surface area contributed by atoms with Crippen molar-refractivity contribution in [3.8, 4) is 11.5 Å². The van der Waals surface area contributed by atoms with Gasteiger partial charge in [0.2, 0.25) is 5.91 Å². The number of aromatic hydroxyl groups is 1. The predicted octanol–water partition coefficient (Wildman–Crippen LogP) is 4.35. The van der Waals surface area contributed by atoms with Crippen molar-refractivity contribution in [3.05, 3.63) is 69.8 Å². The number of aliphatic imine (C=N–C) groups is 1. The van der Waals surface area contributed by atoms with Gasteiger partial charge in [0, 0.05) is 125 Å². The lowest BCUT2D eigenvalue weighted by Crippen LogP contribution is -2.53. The van der Waals surface area contributed by atoms with Crippen molar-refractivity contribution in [2.24, 2.45) is 40.5 Å². The van der Waals surface area contributed by atoms with Crippen molar-refractivity contribution in [2.45, 2.75) is 142 Å². The second-order valence-electron chi connectivity index (χ2n) is 22.4. The lowest BCUT2D eigenvalue weighted by Gasteiger charge is -2.40. The number of piperidine rings is 1. The van der Waals surface area contributed by atoms with Gasteiger partial charge in [0.25, 0.3) is 11.7 Å². The molecule has 12 atom stereocenters. The third kappa shape index (κ3) is 10.5. The molecule has 8 aliphatic rings. The van der Waals surface area contributed by atoms with E-state index in [1.165, 1.54) is 25.2 Å². The van der Waals surface area contributed by atoms with Gasteiger partial charge in [0.15, 0.2) is 0 Å². The van der Waals surface area contributed by atoms with Crippen LogP contribution in [0.1, 0.15) is 121 Å². The summed E-state index contributed by atoms with van der Waals surface area (Å²) in [4.78, 5) is 67.4. The van der Waals surface area contributed by atoms with Crippen LogP contribution in [0.4, 0.5) is 4.79 Å². The molecule has 2 aliphatic carbocycles. The van der Waals surface area contributed by atoms with E-state index in [-0.39, 0.29) is 69.9 Å². The minimum Gasteiger partial charge on any atom is -0.507 e. The summed E-state index contributed by atoms with van der Waals surface area (Å²) in [5, 5.41) is 64.6. The predicted molar refractivity (Wildman–Crippen MR) is 274 cm³/mol. The maximum absolute atomic E-state index is 15.0. The third-order valence-electron chi connectivity index (χ3n) is 16.7. The van der Waals surface area contributed by atoms with Crippen LogP contribution in [0, 0.1) is 42.4 Å². The lowest BCUT2D eigenvalue weighted by atomic mass is 9.78. The van der Waals surface area contributed by atoms with Crippen molar-refractivity contribution in [3.63, 3.8) is 0 Å². The maximum atomic E-state index is 15.0. The van der Waals surface area contributed by atoms with Gasteiger partial charge in [-0.05, 0) is 45.1 Å². The van der Waals surface area contributed by atoms with Crippen LogP contribution in [-0.4, -0.2) is 165 Å². The summed E-state index contributed by atoms with van der Waals surface area (Å²) in [6.07, 6.45) is 3.65. The number of ether oxygens (including phenoxy) is 4. The van der Waals surface area contributed by atoms with Crippen LogP contribution in [0.3, 0.4) is 0 Å². The molecule has 1 saturated carbocycles. The highest BCUT2D eigenvalue weighted by Gasteiger charge is 2.54. The Morgan fingerprint density at radius 3 is 2.22 bits per heavy atom. The number of hydrogen-bond donors (Lipinski definition) is 7. The number of amides is 3. The molecule has 2 saturated heterocycles. The molecule has 3 fully saturated rings. The molecule has 406 valence electrons. The van der Waals surface area contributed by atoms with Gasteiger partial charge in [0.05, 0.1) is 53.3 Å². The Hall–Kier alpha value is -5.31. The molecule has 9 rings (SSSR count). The average molecular weight is 1030 g/mol. The zero-order valence-corrected chi connectivity index (χ0v) is 44.6. The highest BCUT2D eigenvalue weighted by molar-refractivity contribution is 6.24. The summed E-state index contributed by atoms with van der Waals surface area (Å²) in [5.74, 6) is -6.00. The standard InChI is InChI=1S/C55H78N6O13/c1-28(2)27-59-19-17-55(18-20-59)57-41-38-39-46(65)34(8)49-40(38)50(67)54(9,74-49)72-25-16-37(71-10)31(5)48(73-53(70)61-23-21-60(22-24-61)52(69)35-14-15-36(62)26-35)33(7)45(64)32(6)44(63)29(3)12-11-13-30(4)51(68)56-43(47(39)66)42(41)58-55/h11-13,16,25,28-29,31-33,35-37,44-45,47-48,58,62-66H,14-15,17-24,26-27H2,1-10H3,(H,56,68)/b12-11+,25-16+,30-13-/t29-,31+,32+,33+,35?,36?,37-,44-,45+,47?,48+,54-/m0/s1. The first kappa shape index (κ1) is 54.9. The first-order chi connectivity index (χ1) is 35.0. The summed E-state index contributed by atoms with van der Waals surface area (Å²) < 4.78 is 24.9. The van der Waals surface area contributed by atoms with Crippen LogP contribution in [0.5, 0.6) is 11.5 Å². The minimum absolute atomic E-state index is 0.00912. The van der Waals surface area contributed by atoms with Crippen LogP contribution >= 0.6 is 0 Å². The number of aliphatic hydroxyl groups is 4. The van der Waals surface area contributed by atoms with Gasteiger partial charge in [-0.3, -0.25) is 19.4 Å². The van der Waals surface area contributed by atoms with E-state index < -0.39 is 89.5 Å². The fourth-order valence-electron chi connectivity index (χ4n) is 12.0. The number of rotatable bonds is 5. The van der Waals surface area contributed by atoms with Gasteiger partial charge in [0.1, 0.15) is 29.4 Å². The van der Waals surface area contributed by atoms with Crippen molar-refractivity contribution >= 4 is 29.4 Å². The SMILES string of the molecule is CO[C@H]1/C=C/O[C@@]2(C)Oc3c(C)c(O)c4c(c3C2=O)C2=NC3(CCN(CC(C)C)CC3)NC2=C(NC(=O)/C(C)=C\C=C\[C@H](C)[C@H](O)[C@@H](C)[C@@H](O)[C@@H](C)[C@H](OC(=O)N2CCN(C(=O)C3CCC(O)C3)CC2)[C@@H]1C)C4O. The summed E-state index contributed by atoms with van der Waals surface area (Å²) in [6, 6.07) is 0. The highest BCUT2D eigenvalue weighted by Crippen LogP contribution is 2.53. The van der Waals surface area contributed by atoms with E-state index in [0.717, 1.165) is 19.6 Å². The fourth-order valence-corrected chi connectivity index (χ4v) is 12.0. The molecule has 0 aromatic heterocycles. The smallest absolute Gasteiger partial charge is 0.410 e. The Morgan fingerprint density at radius 1 is 0.905 bits per heavy atom. The topological polar surface area (TPSA) is 252 Å². The van der Waals surface area contributed by atoms with Crippen molar-refractivity contribution in [1.82, 2.24) is 25.3 Å². The van der Waals surface area contributed by atoms with Crippen molar-refractivity contribution < 1.29 is 63.7 Å². The van der Waals surface area contributed by atoms with Crippen LogP contribution in [0.15, 0.2) is 52.5 Å². The van der Waals surface area contributed by atoms with E-state index in [9.17, 15) is 44.7 Å². The average Bonchev–Trinajstić information content (AvgIpc) is 4.06. The number of methoxy groups -OCH3 is 1. The highest BCUT2D eigenvalue weighted by atomic mass is 16.7. The van der Waals surface area contributed by atoms with Gasteiger partial charge in [-0.25, -0.2) is 4.79 Å². The van der Waals surface area contributed by atoms with Crippen LogP contribution in [0.2, 0.25) is 0 Å². The molecular formula is C55H78N6O13. The lowest BCUT2D eigenvalue weighted by molar-refractivity contribution is -0.137. The number of benzene rings is 1. The summed E-state index contributed by atoms with van der Waals surface area (Å²) in [7, 11) is 1.47. The number of allylic oxidation sites excluding steroid dienone is 3. The first-order valence-corrected chi connectivity index (χ1v) is 26.5. The van der Waals surface area contributed by atoms with E-state index in [1.54, 1.807) is 70.7 Å². The minimum atomic E-state index is -2.00. The molecule has 7 N–H and O–H groups in total. The number of nitrogens with one attached hydrogen (secondary N) is 2. The summed E-state index contributed by atoms with van der Waals surface area (Å²) in [6.45, 7) is 19.4. The van der Waals surface area contributed by atoms with Gasteiger partial charge < -0.3 is 69.8 Å². The summed E-state index contributed by atoms with van der Waals surface area (Å²) >= 11 is 0. The Bertz CT molecular complexity index is 2510. The molecule has 0 radical (unpaired) electrons. The van der Waals surface area contributed by atoms with Crippen molar-refractivity contribution in [1.29, 1.82) is 0 Å². The number of phenolic OH excluding ortho intramolecular Hbond substituents is 1. The zero-order valence-electron chi connectivity index (χ0n) is 44.6. The van der Waals surface area contributed by atoms with E-state index >= 15 is 0 Å². The number of ketones is 1. The van der Waals surface area contributed by atoms with Crippen molar-refractivity contribution in [2.75, 3.05) is 52.9 Å². The monoisotopic (exact) mass is 1030 g/mol. The van der Waals surface area contributed by atoms with Gasteiger partial charge in [-0.1, -0.05) is 59.8 Å². The zero-order chi connectivity index (χ0) is 53.7. The second-order valence-corrected chi connectivity index (χ2v) is 22.4. The first-order valence-electron chi connectivity index (χ1n) is 26.5. The van der Waals surface area contributed by atoms with E-state index in [1.807, 2.05) is 0 Å². The molecule has 3 unspecified atom stereocenters. The number of fused-ring (bicyclic) bond motifs is 13. The quantitative estimate of drug-likeness (QED) is 0.217. The Kier molecular flexibility index (Phi) is 16.1. The molecule has 6 heterocycles. The molecule has 1 spiro atoms. The largest absolute Gasteiger partial charge is 0.507 e. The molecule has 19 nitrogen and oxygen atoms in total. The van der Waals surface area contributed by atoms with Gasteiger partial charge >= 0.3 is 11.9 Å². The number of carbonyl (C=O) groups excluding carboxylic acids is 4. The Morgan fingerprint density at radius 2 is 1.58 bits per heavy atom. The third-order valence-corrected chi connectivity index (χ3v) is 16.7. The van der Waals surface area contributed by atoms with E-state index in [4.69, 9.17) is 23.9 Å². The second kappa shape index (κ2) is 21.7. The summed E-state index contributed by atoms with van der Waals surface area (Å²) in [5.41, 5.74) is 0.473. The number of nitrogens with zero attached hydrogens (tertiary/aromatic N) is 4. The molecule has 6 aliphatic heterocycles. The number of hydrogen-bond acceptors (Lipinski definition) is 16. The number of phenols is 1. The van der Waals surface area contributed by atoms with Crippen LogP contribution in [0.25, 0.3) is 0 Å². The maximum Gasteiger partial charge on any atom is 0.410 e. The molecule has 19 heteroatoms. The van der Waals surface area contributed by atoms with Crippen LogP contribution < -0.4 is 15.4 Å². The Balaban J connectivity index is 1.14. The van der Waals surface area contributed by atoms with Crippen LogP contribution in [-0.2, 0) is 23.8 Å². The molecular weight excluding hydrogens is 953 g/mol. The molecule has 1 aromatic rings. The van der Waals surface area contributed by atoms with Gasteiger partial charge in [-0.15, -0.1) is 0 Å². The molecule has 1 aromatic carbocycles. The molecule has 5 bridgehead atoms. The molecule has 3 amide bonds. The van der Waals surface area contributed by atoms with E-state index in [0.29, 0.717) is 62.5 Å². The number of carbonyl (C=O) groups is 4. The number of aliphatic hydroxyl groups excluding tert-OH is 4. The Labute approximate surface area is 434 Å². The number of Topliss-reactive ketones (excluding diaryl/α,β-unsaturated/α-hetero) is 1.